The molecule has 2 radical (unpaired) electrons. The first kappa shape index (κ1) is 30.9. The van der Waals surface area contributed by atoms with Crippen molar-refractivity contribution in [1.29, 1.82) is 0 Å². The minimum atomic E-state index is -0.852. The molecule has 2 aromatic rings. The molecule has 2 unspecified atom stereocenters. The first-order chi connectivity index (χ1) is 18.4. The molecular formula is C30H38N2O6S2. The Bertz CT molecular complexity index is 1180. The maximum Gasteiger partial charge on any atom is 0.316 e. The number of hydrogen-bond acceptors (Lipinski definition) is 8. The molecule has 2 fully saturated rings. The lowest BCUT2D eigenvalue weighted by Crippen LogP contribution is -2.48. The Balaban J connectivity index is 1.37. The highest BCUT2D eigenvalue weighted by molar-refractivity contribution is 8.76. The van der Waals surface area contributed by atoms with Crippen molar-refractivity contribution in [1.82, 2.24) is 10.1 Å². The van der Waals surface area contributed by atoms with Crippen molar-refractivity contribution in [2.24, 2.45) is 11.8 Å². The van der Waals surface area contributed by atoms with E-state index in [-0.39, 0.29) is 0 Å². The summed E-state index contributed by atoms with van der Waals surface area (Å²) in [6.45, 7) is 14.5. The fraction of sp³-hybridized carbons (Fsp3) is 0.533. The van der Waals surface area contributed by atoms with Crippen LogP contribution >= 0.6 is 21.6 Å². The van der Waals surface area contributed by atoms with E-state index in [4.69, 9.17) is 9.47 Å². The van der Waals surface area contributed by atoms with Crippen molar-refractivity contribution < 1.29 is 29.5 Å². The summed E-state index contributed by atoms with van der Waals surface area (Å²) in [7, 11) is 2.96. The molecule has 0 saturated carbocycles. The van der Waals surface area contributed by atoms with Gasteiger partial charge >= 0.3 is 11.9 Å². The van der Waals surface area contributed by atoms with Crippen LogP contribution in [0.25, 0.3) is 0 Å². The number of benzene rings is 2. The fourth-order valence-electron chi connectivity index (χ4n) is 5.90. The third-order valence-electron chi connectivity index (χ3n) is 8.11. The molecule has 8 nitrogen and oxygen atoms in total. The minimum absolute atomic E-state index is 0.408. The van der Waals surface area contributed by atoms with Gasteiger partial charge in [-0.3, -0.25) is 9.59 Å². The van der Waals surface area contributed by atoms with Gasteiger partial charge in [-0.1, -0.05) is 33.7 Å². The molecule has 2 saturated heterocycles. The van der Waals surface area contributed by atoms with E-state index in [9.17, 15) is 20.0 Å². The van der Waals surface area contributed by atoms with Crippen LogP contribution in [0.15, 0.2) is 58.3 Å². The predicted molar refractivity (Wildman–Crippen MR) is 153 cm³/mol. The van der Waals surface area contributed by atoms with Crippen molar-refractivity contribution in [3.63, 3.8) is 0 Å². The lowest BCUT2D eigenvalue weighted by atomic mass is 9.87. The van der Waals surface area contributed by atoms with E-state index in [1.54, 1.807) is 52.0 Å². The summed E-state index contributed by atoms with van der Waals surface area (Å²) in [5.41, 5.74) is -2.97. The van der Waals surface area contributed by atoms with E-state index in [1.165, 1.54) is 21.6 Å². The molecule has 4 rings (SSSR count). The summed E-state index contributed by atoms with van der Waals surface area (Å²) in [6, 6.07) is 14.5. The molecule has 0 aliphatic carbocycles. The number of hydroxylamine groups is 4. The summed E-state index contributed by atoms with van der Waals surface area (Å²) >= 11 is 0. The Morgan fingerprint density at radius 1 is 0.675 bits per heavy atom. The molecule has 216 valence electrons. The first-order valence-corrected chi connectivity index (χ1v) is 15.5. The normalized spacial score (nSPS) is 25.1. The van der Waals surface area contributed by atoms with Crippen LogP contribution in [0.5, 0.6) is 11.5 Å². The van der Waals surface area contributed by atoms with Crippen LogP contribution in [0.4, 0.5) is 0 Å². The minimum Gasteiger partial charge on any atom is -0.426 e. The van der Waals surface area contributed by atoms with Gasteiger partial charge in [0.05, 0.1) is 22.9 Å². The molecule has 2 heterocycles. The van der Waals surface area contributed by atoms with Gasteiger partial charge < -0.3 is 9.47 Å². The molecule has 0 aromatic heterocycles. The van der Waals surface area contributed by atoms with Crippen molar-refractivity contribution in [3.8, 4) is 11.5 Å². The zero-order valence-corrected chi connectivity index (χ0v) is 26.0. The summed E-state index contributed by atoms with van der Waals surface area (Å²) in [4.78, 5) is 27.8. The Morgan fingerprint density at radius 2 is 1.02 bits per heavy atom. The Labute approximate surface area is 244 Å². The Hall–Kier alpha value is -2.08. The lowest BCUT2D eigenvalue weighted by molar-refractivity contribution is -0.248. The second-order valence-electron chi connectivity index (χ2n) is 13.0. The molecule has 2 atom stereocenters. The van der Waals surface area contributed by atoms with E-state index < -0.39 is 45.9 Å². The summed E-state index contributed by atoms with van der Waals surface area (Å²) in [5.74, 6) is -1.04. The standard InChI is InChI=1S/C30H38N2O6S2/c1-27(2)17-23(29(5,6)31(27)35)25(33)37-19-11-9-13-21(15-19)39-40-22-14-10-12-20(16-22)38-26(34)24-18-28(3,4)32(36)30(24,7)8/h9-16,23-24H,17-18H2,1-8H3. The van der Waals surface area contributed by atoms with Crippen molar-refractivity contribution >= 4 is 33.5 Å². The van der Waals surface area contributed by atoms with Crippen LogP contribution in [0.3, 0.4) is 0 Å². The quantitative estimate of drug-likeness (QED) is 0.200. The number of hydrogen-bond donors (Lipinski definition) is 0. The second-order valence-corrected chi connectivity index (χ2v) is 15.3. The maximum absolute atomic E-state index is 13.0. The van der Waals surface area contributed by atoms with Crippen molar-refractivity contribution in [2.45, 2.75) is 100 Å². The van der Waals surface area contributed by atoms with Crippen LogP contribution in [-0.4, -0.2) is 44.2 Å². The van der Waals surface area contributed by atoms with Crippen LogP contribution in [-0.2, 0) is 20.0 Å². The summed E-state index contributed by atoms with van der Waals surface area (Å²) in [6.07, 6.45) is 0.859. The maximum atomic E-state index is 13.0. The van der Waals surface area contributed by atoms with E-state index in [0.717, 1.165) is 19.9 Å². The van der Waals surface area contributed by atoms with Crippen LogP contribution in [0, 0.1) is 11.8 Å². The van der Waals surface area contributed by atoms with Gasteiger partial charge in [0.15, 0.2) is 0 Å². The van der Waals surface area contributed by atoms with Crippen LogP contribution in [0.2, 0.25) is 0 Å². The molecule has 2 aromatic carbocycles. The number of carbonyl (C=O) groups excluding carboxylic acids is 2. The van der Waals surface area contributed by atoms with Gasteiger partial charge in [-0.25, -0.2) is 0 Å². The number of rotatable bonds is 7. The van der Waals surface area contributed by atoms with Gasteiger partial charge in [0.25, 0.3) is 0 Å². The average molecular weight is 587 g/mol. The van der Waals surface area contributed by atoms with Gasteiger partial charge in [-0.15, -0.1) is 20.5 Å². The molecule has 0 amide bonds. The van der Waals surface area contributed by atoms with Gasteiger partial charge in [0.1, 0.15) is 11.5 Å². The number of nitrogens with zero attached hydrogens (tertiary/aromatic N) is 2. The monoisotopic (exact) mass is 586 g/mol. The molecule has 40 heavy (non-hydrogen) atoms. The van der Waals surface area contributed by atoms with E-state index in [2.05, 4.69) is 0 Å². The molecule has 10 heteroatoms. The van der Waals surface area contributed by atoms with Gasteiger partial charge in [0, 0.05) is 20.9 Å². The number of esters is 2. The number of carbonyl (C=O) groups is 2. The third-order valence-corrected chi connectivity index (χ3v) is 10.5. The molecule has 0 spiro atoms. The van der Waals surface area contributed by atoms with E-state index in [1.807, 2.05) is 52.0 Å². The molecule has 0 N–H and O–H groups in total. The van der Waals surface area contributed by atoms with Gasteiger partial charge in [-0.2, -0.15) is 0 Å². The molecule has 0 bridgehead atoms. The molecular weight excluding hydrogens is 548 g/mol. The van der Waals surface area contributed by atoms with Crippen LogP contribution in [0.1, 0.15) is 68.2 Å². The van der Waals surface area contributed by atoms with Gasteiger partial charge in [0.2, 0.25) is 0 Å². The lowest BCUT2D eigenvalue weighted by Gasteiger charge is -2.32. The highest BCUT2D eigenvalue weighted by atomic mass is 33.1. The topological polar surface area (TPSA) is 98.9 Å². The SMILES string of the molecule is CC1(C)CC(C(=O)Oc2cccc(SSc3cccc(OC(=O)C4CC(C)(C)N([O])C4(C)C)c3)c2)C(C)(C)N1[O]. The third kappa shape index (κ3) is 6.07. The zero-order valence-electron chi connectivity index (χ0n) is 24.3. The fourth-order valence-corrected chi connectivity index (χ4v) is 7.89. The Kier molecular flexibility index (Phi) is 8.46. The predicted octanol–water partition coefficient (Wildman–Crippen LogP) is 6.75. The zero-order chi connectivity index (χ0) is 29.7. The average Bonchev–Trinajstić information content (AvgIpc) is 3.15. The van der Waals surface area contributed by atoms with Crippen LogP contribution < -0.4 is 9.47 Å². The number of ether oxygens (including phenoxy) is 2. The van der Waals surface area contributed by atoms with Gasteiger partial charge in [-0.05, 0) is 105 Å². The smallest absolute Gasteiger partial charge is 0.316 e. The summed E-state index contributed by atoms with van der Waals surface area (Å²) in [5, 5.41) is 27.4. The van der Waals surface area contributed by atoms with E-state index >= 15 is 0 Å². The largest absolute Gasteiger partial charge is 0.426 e. The Morgan fingerprint density at radius 3 is 1.32 bits per heavy atom. The highest BCUT2D eigenvalue weighted by Gasteiger charge is 2.57. The second kappa shape index (κ2) is 11.0. The first-order valence-electron chi connectivity index (χ1n) is 13.4. The van der Waals surface area contributed by atoms with Crippen molar-refractivity contribution in [3.05, 3.63) is 48.5 Å². The summed E-state index contributed by atoms with van der Waals surface area (Å²) < 4.78 is 11.4. The molecule has 2 aliphatic heterocycles. The van der Waals surface area contributed by atoms with Crippen molar-refractivity contribution in [2.75, 3.05) is 0 Å². The molecule has 2 aliphatic rings. The van der Waals surface area contributed by atoms with E-state index in [0.29, 0.717) is 24.3 Å². The highest BCUT2D eigenvalue weighted by Crippen LogP contribution is 2.46.